The average molecular weight is 486 g/mol. The summed E-state index contributed by atoms with van der Waals surface area (Å²) >= 11 is 12.1. The third kappa shape index (κ3) is 5.85. The number of aryl methyl sites for hydroxylation is 1. The molecule has 2 radical (unpaired) electrons. The average Bonchev–Trinajstić information content (AvgIpc) is 3.16. The van der Waals surface area contributed by atoms with Gasteiger partial charge >= 0.3 is 0 Å². The lowest BCUT2D eigenvalue weighted by Gasteiger charge is -2.11. The number of anilines is 1. The molecule has 0 bridgehead atoms. The highest BCUT2D eigenvalue weighted by molar-refractivity contribution is 6.58. The predicted molar refractivity (Wildman–Crippen MR) is 127 cm³/mol. The number of carbonyl (C=O) groups excluding carboxylic acids is 2. The number of benzene rings is 2. The Hall–Kier alpha value is -3.50. The first-order chi connectivity index (χ1) is 15.7. The van der Waals surface area contributed by atoms with Gasteiger partial charge in [-0.15, -0.1) is 0 Å². The minimum Gasteiger partial charge on any atom is -0.497 e. The van der Waals surface area contributed by atoms with E-state index >= 15 is 0 Å². The number of rotatable bonds is 5. The fraction of sp³-hybridized carbons (Fsp3) is 0.143. The second-order valence-electron chi connectivity index (χ2n) is 6.77. The Morgan fingerprint density at radius 1 is 1.18 bits per heavy atom. The number of nitrogens with one attached hydrogen (secondary N) is 2. The van der Waals surface area contributed by atoms with Crippen molar-refractivity contribution in [2.24, 2.45) is 4.99 Å². The summed E-state index contributed by atoms with van der Waals surface area (Å²) in [6.45, 7) is 1.61. The van der Waals surface area contributed by atoms with E-state index in [1.54, 1.807) is 50.4 Å². The standard InChI is InChI=1S/C21H18BCl2N5O4/c1-10-16(18(29-33-10)12-3-5-13(32-2)6-4-12)19(30)27-21(28-20(22)31)26-9-11-7-14(23)17(25)15(24)8-11/h3-8H,9,25H2,1-2H3,(H2,26,27,28,30,31). The van der Waals surface area contributed by atoms with Crippen LogP contribution in [0.4, 0.5) is 10.5 Å². The van der Waals surface area contributed by atoms with E-state index in [1.807, 2.05) is 0 Å². The van der Waals surface area contributed by atoms with Gasteiger partial charge in [-0.3, -0.25) is 14.9 Å². The van der Waals surface area contributed by atoms with Gasteiger partial charge in [0.05, 0.1) is 29.4 Å². The number of nitrogens with zero attached hydrogens (tertiary/aromatic N) is 2. The Morgan fingerprint density at radius 2 is 1.82 bits per heavy atom. The van der Waals surface area contributed by atoms with Crippen LogP contribution in [0.25, 0.3) is 11.3 Å². The first-order valence-corrected chi connectivity index (χ1v) is 10.2. The molecule has 12 heteroatoms. The molecular weight excluding hydrogens is 468 g/mol. The van der Waals surface area contributed by atoms with Crippen molar-refractivity contribution >= 4 is 54.4 Å². The molecule has 3 rings (SSSR count). The van der Waals surface area contributed by atoms with Crippen LogP contribution in [-0.2, 0) is 6.54 Å². The number of aromatic nitrogens is 1. The summed E-state index contributed by atoms with van der Waals surface area (Å²) in [7, 11) is 6.77. The summed E-state index contributed by atoms with van der Waals surface area (Å²) in [5.74, 6) is -0.792. The number of ether oxygens (including phenoxy) is 1. The molecule has 168 valence electrons. The lowest BCUT2D eigenvalue weighted by molar-refractivity contribution is 0.0975. The van der Waals surface area contributed by atoms with Gasteiger partial charge in [-0.2, -0.15) is 0 Å². The predicted octanol–water partition coefficient (Wildman–Crippen LogP) is 3.71. The first-order valence-electron chi connectivity index (χ1n) is 9.46. The zero-order chi connectivity index (χ0) is 24.1. The van der Waals surface area contributed by atoms with Gasteiger partial charge in [0.1, 0.15) is 22.8 Å². The SMILES string of the molecule is [B]C(=O)NC(=NCc1cc(Cl)c(N)c(Cl)c1)NC(=O)c1c(-c2ccc(OC)cc2)noc1C. The van der Waals surface area contributed by atoms with Gasteiger partial charge < -0.3 is 20.3 Å². The van der Waals surface area contributed by atoms with Crippen molar-refractivity contribution < 1.29 is 18.8 Å². The van der Waals surface area contributed by atoms with Crippen LogP contribution in [0.2, 0.25) is 10.0 Å². The molecule has 2 aromatic carbocycles. The Balaban J connectivity index is 1.87. The van der Waals surface area contributed by atoms with Crippen LogP contribution in [-0.4, -0.2) is 37.8 Å². The molecule has 4 N–H and O–H groups in total. The number of nitrogens with two attached hydrogens (primary N) is 1. The van der Waals surface area contributed by atoms with Crippen LogP contribution in [0.15, 0.2) is 45.9 Å². The smallest absolute Gasteiger partial charge is 0.263 e. The number of methoxy groups -OCH3 is 1. The molecule has 0 saturated carbocycles. The molecule has 0 atom stereocenters. The molecule has 33 heavy (non-hydrogen) atoms. The van der Waals surface area contributed by atoms with Gasteiger partial charge in [0, 0.05) is 5.56 Å². The number of amides is 2. The second-order valence-corrected chi connectivity index (χ2v) is 7.59. The maximum absolute atomic E-state index is 13.0. The maximum Gasteiger partial charge on any atom is 0.263 e. The van der Waals surface area contributed by atoms with E-state index in [9.17, 15) is 9.59 Å². The van der Waals surface area contributed by atoms with Gasteiger partial charge in [-0.05, 0) is 48.9 Å². The van der Waals surface area contributed by atoms with E-state index in [0.717, 1.165) is 0 Å². The maximum atomic E-state index is 13.0. The van der Waals surface area contributed by atoms with E-state index in [1.165, 1.54) is 0 Å². The summed E-state index contributed by atoms with van der Waals surface area (Å²) in [4.78, 5) is 28.7. The Morgan fingerprint density at radius 3 is 2.39 bits per heavy atom. The number of nitrogen functional groups attached to an aromatic ring is 1. The molecule has 0 aliphatic carbocycles. The van der Waals surface area contributed by atoms with E-state index in [-0.39, 0.29) is 39.6 Å². The third-order valence-electron chi connectivity index (χ3n) is 4.49. The zero-order valence-corrected chi connectivity index (χ0v) is 19.1. The highest BCUT2D eigenvalue weighted by Crippen LogP contribution is 2.29. The van der Waals surface area contributed by atoms with Crippen LogP contribution in [0.3, 0.4) is 0 Å². The number of aliphatic imine (C=N–C) groups is 1. The van der Waals surface area contributed by atoms with Crippen molar-refractivity contribution in [1.29, 1.82) is 0 Å². The second kappa shape index (κ2) is 10.4. The van der Waals surface area contributed by atoms with Gasteiger partial charge in [0.2, 0.25) is 13.8 Å². The van der Waals surface area contributed by atoms with Crippen molar-refractivity contribution in [3.05, 3.63) is 63.3 Å². The molecule has 0 saturated heterocycles. The highest BCUT2D eigenvalue weighted by atomic mass is 35.5. The molecule has 0 fully saturated rings. The highest BCUT2D eigenvalue weighted by Gasteiger charge is 2.23. The Labute approximate surface area is 200 Å². The van der Waals surface area contributed by atoms with E-state index in [4.69, 9.17) is 46.0 Å². The molecule has 1 heterocycles. The molecule has 0 unspecified atom stereocenters. The number of halogens is 2. The lowest BCUT2D eigenvalue weighted by atomic mass is 10.1. The Kier molecular flexibility index (Phi) is 7.62. The van der Waals surface area contributed by atoms with Crippen molar-refractivity contribution in [2.45, 2.75) is 13.5 Å². The monoisotopic (exact) mass is 485 g/mol. The molecule has 0 aliphatic heterocycles. The topological polar surface area (TPSA) is 132 Å². The van der Waals surface area contributed by atoms with Crippen LogP contribution in [0.5, 0.6) is 5.75 Å². The van der Waals surface area contributed by atoms with Crippen LogP contribution in [0.1, 0.15) is 21.7 Å². The van der Waals surface area contributed by atoms with Gasteiger partial charge in [0.25, 0.3) is 5.91 Å². The van der Waals surface area contributed by atoms with Crippen molar-refractivity contribution in [1.82, 2.24) is 15.8 Å². The summed E-state index contributed by atoms with van der Waals surface area (Å²) in [6, 6.07) is 10.1. The van der Waals surface area contributed by atoms with Crippen LogP contribution >= 0.6 is 23.2 Å². The zero-order valence-electron chi connectivity index (χ0n) is 17.6. The molecule has 0 spiro atoms. The minimum atomic E-state index is -0.917. The molecule has 9 nitrogen and oxygen atoms in total. The van der Waals surface area contributed by atoms with Crippen molar-refractivity contribution in [3.63, 3.8) is 0 Å². The number of hydrogen-bond donors (Lipinski definition) is 3. The molecule has 2 amide bonds. The van der Waals surface area contributed by atoms with Crippen molar-refractivity contribution in [3.8, 4) is 17.0 Å². The van der Waals surface area contributed by atoms with Gasteiger partial charge in [-0.1, -0.05) is 28.4 Å². The largest absolute Gasteiger partial charge is 0.497 e. The summed E-state index contributed by atoms with van der Waals surface area (Å²) in [5, 5.41) is 9.29. The fourth-order valence-electron chi connectivity index (χ4n) is 2.88. The quantitative estimate of drug-likeness (QED) is 0.218. The molecule has 1 aromatic heterocycles. The summed E-state index contributed by atoms with van der Waals surface area (Å²) in [6.07, 6.45) is 0. The molecule has 3 aromatic rings. The third-order valence-corrected chi connectivity index (χ3v) is 5.11. The number of guanidine groups is 1. The van der Waals surface area contributed by atoms with E-state index in [0.29, 0.717) is 22.6 Å². The lowest BCUT2D eigenvalue weighted by Crippen LogP contribution is -2.43. The van der Waals surface area contributed by atoms with Gasteiger partial charge in [-0.25, -0.2) is 4.99 Å². The molecular formula is C21H18BCl2N5O4. The fourth-order valence-corrected chi connectivity index (χ4v) is 3.41. The van der Waals surface area contributed by atoms with Gasteiger partial charge in [0.15, 0.2) is 5.81 Å². The van der Waals surface area contributed by atoms with E-state index in [2.05, 4.69) is 20.8 Å². The number of carbonyl (C=O) groups is 2. The Bertz CT molecular complexity index is 1200. The normalized spacial score (nSPS) is 11.2. The summed E-state index contributed by atoms with van der Waals surface area (Å²) in [5.41, 5.74) is 7.67. The van der Waals surface area contributed by atoms with Crippen LogP contribution < -0.4 is 21.1 Å². The van der Waals surface area contributed by atoms with E-state index < -0.39 is 11.7 Å². The first kappa shape index (κ1) is 24.2. The molecule has 0 aliphatic rings. The van der Waals surface area contributed by atoms with Crippen molar-refractivity contribution in [2.75, 3.05) is 12.8 Å². The summed E-state index contributed by atoms with van der Waals surface area (Å²) < 4.78 is 10.4. The minimum absolute atomic E-state index is 0.0174. The van der Waals surface area contributed by atoms with Crippen LogP contribution in [0, 0.1) is 6.92 Å². The number of hydrogen-bond acceptors (Lipinski definition) is 7.